The number of carbonyl (C=O) groups is 2. The Kier molecular flexibility index (Phi) is 34.0. The van der Waals surface area contributed by atoms with Gasteiger partial charge in [-0.2, -0.15) is 0 Å². The second-order valence-electron chi connectivity index (χ2n) is 12.7. The zero-order chi connectivity index (χ0) is 37.7. The van der Waals surface area contributed by atoms with Gasteiger partial charge < -0.3 is 19.3 Å². The van der Waals surface area contributed by atoms with E-state index in [-0.39, 0.29) is 26.1 Å². The van der Waals surface area contributed by atoms with E-state index in [1.54, 1.807) is 4.90 Å². The van der Waals surface area contributed by atoms with E-state index in [2.05, 4.69) is 80.7 Å². The lowest BCUT2D eigenvalue weighted by Crippen LogP contribution is -2.29. The van der Waals surface area contributed by atoms with E-state index in [9.17, 15) is 19.0 Å². The number of rotatable bonds is 34. The zero-order valence-electron chi connectivity index (χ0n) is 32.3. The molecule has 1 N–H and O–H groups in total. The molecule has 0 rings (SSSR count). The van der Waals surface area contributed by atoms with Crippen molar-refractivity contribution in [3.05, 3.63) is 72.9 Å². The molecule has 0 radical (unpaired) electrons. The Morgan fingerprint density at radius 2 is 1.14 bits per heavy atom. The van der Waals surface area contributed by atoms with E-state index in [4.69, 9.17) is 18.5 Å². The molecule has 0 heterocycles. The molecule has 0 aromatic carbocycles. The van der Waals surface area contributed by atoms with Gasteiger partial charge in [0, 0.05) is 19.4 Å². The second-order valence-corrected chi connectivity index (χ2v) is 14.2. The quantitative estimate of drug-likeness (QED) is 0.0299. The molecule has 0 spiro atoms. The van der Waals surface area contributed by atoms with E-state index in [0.717, 1.165) is 70.6 Å². The number of hydrogen-bond donors (Lipinski definition) is 1. The highest BCUT2D eigenvalue weighted by Crippen LogP contribution is 2.43. The minimum absolute atomic E-state index is 0.00826. The van der Waals surface area contributed by atoms with Gasteiger partial charge in [-0.05, 0) is 84.7 Å². The molecule has 0 aromatic heterocycles. The Morgan fingerprint density at radius 1 is 0.627 bits per heavy atom. The molecule has 2 atom stereocenters. The number of allylic oxidation sites excluding steroid dienone is 12. The average Bonchev–Trinajstić information content (AvgIpc) is 3.09. The van der Waals surface area contributed by atoms with Crippen LogP contribution in [-0.4, -0.2) is 68.3 Å². The van der Waals surface area contributed by atoms with Gasteiger partial charge in [0.25, 0.3) is 0 Å². The summed E-state index contributed by atoms with van der Waals surface area (Å²) in [6.45, 7) is 4.06. The largest absolute Gasteiger partial charge is 0.472 e. The van der Waals surface area contributed by atoms with Crippen molar-refractivity contribution in [3.63, 3.8) is 0 Å². The minimum Gasteiger partial charge on any atom is -0.462 e. The fourth-order valence-corrected chi connectivity index (χ4v) is 5.27. The normalized spacial score (nSPS) is 14.3. The first-order valence-corrected chi connectivity index (χ1v) is 20.7. The summed E-state index contributed by atoms with van der Waals surface area (Å²) < 4.78 is 33.2. The summed E-state index contributed by atoms with van der Waals surface area (Å²) in [7, 11) is -0.753. The van der Waals surface area contributed by atoms with Crippen LogP contribution in [-0.2, 0) is 32.7 Å². The Bertz CT molecular complexity index is 1080. The highest BCUT2D eigenvalue weighted by Gasteiger charge is 2.26. The van der Waals surface area contributed by atoms with Crippen LogP contribution in [0.2, 0.25) is 0 Å². The molecule has 51 heavy (non-hydrogen) atoms. The Labute approximate surface area is 310 Å². The topological polar surface area (TPSA) is 112 Å². The molecule has 0 aromatic rings. The van der Waals surface area contributed by atoms with Crippen LogP contribution in [0, 0.1) is 0 Å². The van der Waals surface area contributed by atoms with Crippen LogP contribution in [0.5, 0.6) is 0 Å². The first kappa shape index (κ1) is 48.5. The number of carbonyl (C=O) groups excluding carboxylic acids is 2. The summed E-state index contributed by atoms with van der Waals surface area (Å²) in [4.78, 5) is 36.8. The van der Waals surface area contributed by atoms with Crippen molar-refractivity contribution in [2.45, 2.75) is 136 Å². The van der Waals surface area contributed by atoms with Gasteiger partial charge in [-0.3, -0.25) is 18.6 Å². The lowest BCUT2D eigenvalue weighted by molar-refractivity contribution is -0.161. The number of likely N-dealkylation sites (N-methyl/N-ethyl adjacent to an activating group) is 1. The van der Waals surface area contributed by atoms with Gasteiger partial charge in [0.15, 0.2) is 6.10 Å². The molecular formula is C41H70NO8P. The van der Waals surface area contributed by atoms with Crippen molar-refractivity contribution in [1.82, 2.24) is 4.90 Å². The van der Waals surface area contributed by atoms with Crippen LogP contribution in [0.1, 0.15) is 129 Å². The Hall–Kier alpha value is -2.55. The van der Waals surface area contributed by atoms with Crippen LogP contribution in [0.4, 0.5) is 0 Å². The van der Waals surface area contributed by atoms with Gasteiger partial charge in [0.1, 0.15) is 6.61 Å². The summed E-state index contributed by atoms with van der Waals surface area (Å²) in [6, 6.07) is 0. The maximum atomic E-state index is 12.6. The number of unbranched alkanes of at least 4 members (excludes halogenated alkanes) is 8. The van der Waals surface area contributed by atoms with E-state index < -0.39 is 32.5 Å². The molecule has 10 heteroatoms. The third-order valence-corrected chi connectivity index (χ3v) is 8.48. The average molecular weight is 736 g/mol. The van der Waals surface area contributed by atoms with Crippen molar-refractivity contribution >= 4 is 19.8 Å². The highest BCUT2D eigenvalue weighted by atomic mass is 31.2. The molecule has 0 saturated carbocycles. The second kappa shape index (κ2) is 35.8. The maximum Gasteiger partial charge on any atom is 0.472 e. The molecule has 0 aliphatic heterocycles. The van der Waals surface area contributed by atoms with Crippen LogP contribution >= 0.6 is 7.82 Å². The van der Waals surface area contributed by atoms with Gasteiger partial charge >= 0.3 is 19.8 Å². The SMILES string of the molecule is CC/C=C\C/C=C\C/C=C\C/C=C\C/C=C\CCCC(=O)OC(COC(=O)CCCCCCC/C=C\CCCC)COP(=O)(O)OCCN(C)C. The molecule has 0 saturated heterocycles. The van der Waals surface area contributed by atoms with Gasteiger partial charge in [-0.1, -0.05) is 119 Å². The first-order valence-electron chi connectivity index (χ1n) is 19.2. The predicted molar refractivity (Wildman–Crippen MR) is 210 cm³/mol. The monoisotopic (exact) mass is 735 g/mol. The maximum absolute atomic E-state index is 12.6. The minimum atomic E-state index is -4.38. The molecule has 0 bridgehead atoms. The van der Waals surface area contributed by atoms with Crippen molar-refractivity contribution in [1.29, 1.82) is 0 Å². The van der Waals surface area contributed by atoms with E-state index >= 15 is 0 Å². The summed E-state index contributed by atoms with van der Waals surface area (Å²) in [5, 5.41) is 0. The summed E-state index contributed by atoms with van der Waals surface area (Å²) in [5.74, 6) is -0.892. The smallest absolute Gasteiger partial charge is 0.462 e. The molecule has 0 aliphatic carbocycles. The number of nitrogens with zero attached hydrogens (tertiary/aromatic N) is 1. The van der Waals surface area contributed by atoms with Crippen molar-refractivity contribution in [2.24, 2.45) is 0 Å². The number of hydrogen-bond acceptors (Lipinski definition) is 8. The van der Waals surface area contributed by atoms with Gasteiger partial charge in [-0.15, -0.1) is 0 Å². The Balaban J connectivity index is 4.50. The van der Waals surface area contributed by atoms with Gasteiger partial charge in [0.05, 0.1) is 13.2 Å². The third-order valence-electron chi connectivity index (χ3n) is 7.50. The van der Waals surface area contributed by atoms with Crippen LogP contribution in [0.3, 0.4) is 0 Å². The van der Waals surface area contributed by atoms with Crippen molar-refractivity contribution < 1.29 is 37.6 Å². The Morgan fingerprint density at radius 3 is 1.75 bits per heavy atom. The number of phosphoric acid groups is 1. The van der Waals surface area contributed by atoms with Crippen LogP contribution in [0.15, 0.2) is 72.9 Å². The molecule has 0 amide bonds. The highest BCUT2D eigenvalue weighted by molar-refractivity contribution is 7.47. The van der Waals surface area contributed by atoms with Crippen LogP contribution < -0.4 is 0 Å². The van der Waals surface area contributed by atoms with Gasteiger partial charge in [0.2, 0.25) is 0 Å². The standard InChI is InChI=1S/C41H70NO8P/c1-5-7-9-11-13-15-17-18-19-20-21-22-24-26-28-30-32-34-41(44)50-39(38-49-51(45,46)48-36-35-42(3)4)37-47-40(43)33-31-29-27-25-23-16-14-12-10-8-6-2/h7,9,12-15,18-19,21-22,26,28,39H,5-6,8,10-11,16-17,20,23-25,27,29-38H2,1-4H3,(H,45,46)/b9-7-,14-12-,15-13-,19-18-,22-21-,28-26-. The lowest BCUT2D eigenvalue weighted by atomic mass is 10.1. The molecule has 0 fully saturated rings. The molecule has 292 valence electrons. The fourth-order valence-electron chi connectivity index (χ4n) is 4.52. The summed E-state index contributed by atoms with van der Waals surface area (Å²) >= 11 is 0. The van der Waals surface area contributed by atoms with E-state index in [0.29, 0.717) is 25.8 Å². The number of phosphoric ester groups is 1. The lowest BCUT2D eigenvalue weighted by Gasteiger charge is -2.20. The zero-order valence-corrected chi connectivity index (χ0v) is 33.2. The summed E-state index contributed by atoms with van der Waals surface area (Å²) in [5.41, 5.74) is 0. The molecule has 2 unspecified atom stereocenters. The molecule has 0 aliphatic rings. The van der Waals surface area contributed by atoms with E-state index in [1.807, 2.05) is 20.2 Å². The molecular weight excluding hydrogens is 665 g/mol. The predicted octanol–water partition coefficient (Wildman–Crippen LogP) is 10.5. The van der Waals surface area contributed by atoms with E-state index in [1.165, 1.54) is 12.8 Å². The number of ether oxygens (including phenoxy) is 2. The number of esters is 2. The summed E-state index contributed by atoms with van der Waals surface area (Å²) in [6.07, 6.45) is 41.0. The van der Waals surface area contributed by atoms with Gasteiger partial charge in [-0.25, -0.2) is 4.57 Å². The fraction of sp³-hybridized carbons (Fsp3) is 0.659. The van der Waals surface area contributed by atoms with Crippen LogP contribution in [0.25, 0.3) is 0 Å². The van der Waals surface area contributed by atoms with Crippen molar-refractivity contribution in [3.8, 4) is 0 Å². The first-order chi connectivity index (χ1) is 24.7. The molecule has 9 nitrogen and oxygen atoms in total. The van der Waals surface area contributed by atoms with Crippen molar-refractivity contribution in [2.75, 3.05) is 40.5 Å². The third kappa shape index (κ3) is 37.0.